The Hall–Kier alpha value is -0.950. The third-order valence-corrected chi connectivity index (χ3v) is 2.68. The van der Waals surface area contributed by atoms with E-state index in [1.165, 1.54) is 0 Å². The zero-order valence-corrected chi connectivity index (χ0v) is 13.7. The SMILES string of the molecule is CC(C)CC(=O)NC(C(=O)NCC(F)(F)CN)C(C)C.Cl. The number of hydrogen-bond acceptors (Lipinski definition) is 3. The fraction of sp³-hybridized carbons (Fsp3) is 0.846. The first kappa shape index (κ1) is 22.3. The van der Waals surface area contributed by atoms with Gasteiger partial charge in [0.1, 0.15) is 6.04 Å². The van der Waals surface area contributed by atoms with E-state index >= 15 is 0 Å². The molecule has 0 radical (unpaired) electrons. The van der Waals surface area contributed by atoms with Crippen LogP contribution < -0.4 is 16.4 Å². The van der Waals surface area contributed by atoms with Gasteiger partial charge in [-0.2, -0.15) is 0 Å². The zero-order chi connectivity index (χ0) is 15.9. The van der Waals surface area contributed by atoms with Crippen LogP contribution in [0, 0.1) is 11.8 Å². The molecule has 0 aliphatic rings. The van der Waals surface area contributed by atoms with E-state index < -0.39 is 31.0 Å². The van der Waals surface area contributed by atoms with Gasteiger partial charge in [0.15, 0.2) is 0 Å². The Labute approximate surface area is 130 Å². The second-order valence-electron chi connectivity index (χ2n) is 5.67. The molecule has 0 spiro atoms. The van der Waals surface area contributed by atoms with Crippen molar-refractivity contribution in [2.45, 2.75) is 46.1 Å². The number of rotatable bonds is 8. The number of carbonyl (C=O) groups is 2. The lowest BCUT2D eigenvalue weighted by atomic mass is 10.0. The van der Waals surface area contributed by atoms with Crippen molar-refractivity contribution in [1.82, 2.24) is 10.6 Å². The quantitative estimate of drug-likeness (QED) is 0.627. The predicted octanol–water partition coefficient (Wildman–Crippen LogP) is 1.31. The summed E-state index contributed by atoms with van der Waals surface area (Å²) in [4.78, 5) is 23.5. The van der Waals surface area contributed by atoms with Crippen LogP contribution in [0.4, 0.5) is 8.78 Å². The number of carbonyl (C=O) groups excluding carboxylic acids is 2. The molecule has 21 heavy (non-hydrogen) atoms. The van der Waals surface area contributed by atoms with Gasteiger partial charge in [-0.3, -0.25) is 9.59 Å². The van der Waals surface area contributed by atoms with Gasteiger partial charge in [0.25, 0.3) is 5.92 Å². The third-order valence-electron chi connectivity index (χ3n) is 2.68. The molecule has 4 N–H and O–H groups in total. The fourth-order valence-electron chi connectivity index (χ4n) is 1.54. The largest absolute Gasteiger partial charge is 0.348 e. The van der Waals surface area contributed by atoms with Gasteiger partial charge >= 0.3 is 0 Å². The molecule has 0 aromatic rings. The molecule has 0 aliphatic carbocycles. The standard InChI is InChI=1S/C13H25F2N3O2.ClH/c1-8(2)5-10(19)18-11(9(3)4)12(20)17-7-13(14,15)6-16;/h8-9,11H,5-7,16H2,1-4H3,(H,17,20)(H,18,19);1H. The van der Waals surface area contributed by atoms with Crippen molar-refractivity contribution in [3.8, 4) is 0 Å². The third kappa shape index (κ3) is 9.57. The van der Waals surface area contributed by atoms with E-state index in [-0.39, 0.29) is 36.6 Å². The van der Waals surface area contributed by atoms with E-state index in [1.54, 1.807) is 13.8 Å². The first-order valence-electron chi connectivity index (χ1n) is 6.74. The van der Waals surface area contributed by atoms with Gasteiger partial charge in [-0.1, -0.05) is 27.7 Å². The Bertz CT molecular complexity index is 339. The van der Waals surface area contributed by atoms with Crippen molar-refractivity contribution in [2.75, 3.05) is 13.1 Å². The monoisotopic (exact) mass is 329 g/mol. The van der Waals surface area contributed by atoms with Gasteiger partial charge in [-0.05, 0) is 11.8 Å². The van der Waals surface area contributed by atoms with Crippen LogP contribution in [0.25, 0.3) is 0 Å². The molecule has 0 aromatic carbocycles. The number of nitrogens with one attached hydrogen (secondary N) is 2. The predicted molar refractivity (Wildman–Crippen MR) is 80.5 cm³/mol. The Kier molecular flexibility index (Phi) is 10.5. The van der Waals surface area contributed by atoms with E-state index in [9.17, 15) is 18.4 Å². The lowest BCUT2D eigenvalue weighted by Gasteiger charge is -2.23. The van der Waals surface area contributed by atoms with Gasteiger partial charge in [-0.15, -0.1) is 12.4 Å². The molecule has 126 valence electrons. The van der Waals surface area contributed by atoms with E-state index in [2.05, 4.69) is 10.6 Å². The van der Waals surface area contributed by atoms with Crippen LogP contribution in [0.2, 0.25) is 0 Å². The Morgan fingerprint density at radius 3 is 2.10 bits per heavy atom. The first-order valence-corrected chi connectivity index (χ1v) is 6.74. The zero-order valence-electron chi connectivity index (χ0n) is 12.9. The molecule has 0 aromatic heterocycles. The number of halogens is 3. The average molecular weight is 330 g/mol. The highest BCUT2D eigenvalue weighted by atomic mass is 35.5. The van der Waals surface area contributed by atoms with Crippen molar-refractivity contribution in [2.24, 2.45) is 17.6 Å². The maximum Gasteiger partial charge on any atom is 0.277 e. The minimum Gasteiger partial charge on any atom is -0.348 e. The highest BCUT2D eigenvalue weighted by Gasteiger charge is 2.30. The molecule has 5 nitrogen and oxygen atoms in total. The summed E-state index contributed by atoms with van der Waals surface area (Å²) in [5.74, 6) is -4.06. The smallest absolute Gasteiger partial charge is 0.277 e. The second-order valence-corrected chi connectivity index (χ2v) is 5.67. The molecule has 8 heteroatoms. The lowest BCUT2D eigenvalue weighted by molar-refractivity contribution is -0.131. The minimum atomic E-state index is -3.14. The fourth-order valence-corrected chi connectivity index (χ4v) is 1.54. The lowest BCUT2D eigenvalue weighted by Crippen LogP contribution is -2.52. The van der Waals surface area contributed by atoms with Gasteiger partial charge in [-0.25, -0.2) is 8.78 Å². The minimum absolute atomic E-state index is 0. The van der Waals surface area contributed by atoms with Crippen LogP contribution in [0.3, 0.4) is 0 Å². The van der Waals surface area contributed by atoms with Crippen molar-refractivity contribution in [3.05, 3.63) is 0 Å². The highest BCUT2D eigenvalue weighted by molar-refractivity contribution is 5.87. The van der Waals surface area contributed by atoms with E-state index in [1.807, 2.05) is 13.8 Å². The van der Waals surface area contributed by atoms with Gasteiger partial charge in [0.05, 0.1) is 13.1 Å². The summed E-state index contributed by atoms with van der Waals surface area (Å²) >= 11 is 0. The molecule has 0 bridgehead atoms. The van der Waals surface area contributed by atoms with Crippen molar-refractivity contribution < 1.29 is 18.4 Å². The molecule has 0 aliphatic heterocycles. The summed E-state index contributed by atoms with van der Waals surface area (Å²) in [5, 5.41) is 4.71. The molecular formula is C13H26ClF2N3O2. The maximum atomic E-state index is 13.0. The average Bonchev–Trinajstić information content (AvgIpc) is 2.32. The molecule has 0 heterocycles. The van der Waals surface area contributed by atoms with E-state index in [0.717, 1.165) is 0 Å². The van der Waals surface area contributed by atoms with Crippen LogP contribution in [0.15, 0.2) is 0 Å². The van der Waals surface area contributed by atoms with Crippen molar-refractivity contribution >= 4 is 24.2 Å². The van der Waals surface area contributed by atoms with Crippen LogP contribution in [0.1, 0.15) is 34.1 Å². The normalized spacial score (nSPS) is 12.8. The summed E-state index contributed by atoms with van der Waals surface area (Å²) in [6.45, 7) is 5.57. The summed E-state index contributed by atoms with van der Waals surface area (Å²) in [7, 11) is 0. The first-order chi connectivity index (χ1) is 9.09. The molecule has 1 unspecified atom stereocenters. The highest BCUT2D eigenvalue weighted by Crippen LogP contribution is 2.10. The Morgan fingerprint density at radius 2 is 1.71 bits per heavy atom. The number of hydrogen-bond donors (Lipinski definition) is 3. The van der Waals surface area contributed by atoms with E-state index in [4.69, 9.17) is 5.73 Å². The summed E-state index contributed by atoms with van der Waals surface area (Å²) in [6, 6.07) is -0.824. The summed E-state index contributed by atoms with van der Waals surface area (Å²) in [6.07, 6.45) is 0.287. The van der Waals surface area contributed by atoms with Crippen LogP contribution in [0.5, 0.6) is 0 Å². The Morgan fingerprint density at radius 1 is 1.19 bits per heavy atom. The topological polar surface area (TPSA) is 84.2 Å². The molecule has 1 atom stereocenters. The number of alkyl halides is 2. The molecule has 0 rings (SSSR count). The molecule has 0 saturated carbocycles. The Balaban J connectivity index is 0. The van der Waals surface area contributed by atoms with Crippen molar-refractivity contribution in [1.29, 1.82) is 0 Å². The molecular weight excluding hydrogens is 304 g/mol. The van der Waals surface area contributed by atoms with Crippen molar-refractivity contribution in [3.63, 3.8) is 0 Å². The van der Waals surface area contributed by atoms with Crippen LogP contribution >= 0.6 is 12.4 Å². The maximum absolute atomic E-state index is 13.0. The molecule has 2 amide bonds. The molecule has 0 saturated heterocycles. The second kappa shape index (κ2) is 9.89. The summed E-state index contributed by atoms with van der Waals surface area (Å²) in [5.41, 5.74) is 4.89. The number of nitrogens with two attached hydrogens (primary N) is 1. The van der Waals surface area contributed by atoms with E-state index in [0.29, 0.717) is 0 Å². The summed E-state index contributed by atoms with van der Waals surface area (Å²) < 4.78 is 26.0. The van der Waals surface area contributed by atoms with Gasteiger partial charge in [0.2, 0.25) is 11.8 Å². The van der Waals surface area contributed by atoms with Crippen LogP contribution in [-0.2, 0) is 9.59 Å². The molecule has 0 fully saturated rings. The van der Waals surface area contributed by atoms with Gasteiger partial charge in [0, 0.05) is 6.42 Å². The number of amides is 2. The van der Waals surface area contributed by atoms with Crippen LogP contribution in [-0.4, -0.2) is 36.9 Å². The van der Waals surface area contributed by atoms with Gasteiger partial charge < -0.3 is 16.4 Å².